The number of carbonyl (C=O) groups is 1. The van der Waals surface area contributed by atoms with E-state index in [0.29, 0.717) is 11.0 Å². The lowest BCUT2D eigenvalue weighted by atomic mass is 10.0. The molecule has 0 aliphatic heterocycles. The Morgan fingerprint density at radius 2 is 1.90 bits per heavy atom. The molecule has 0 radical (unpaired) electrons. The molecule has 106 valence electrons. The summed E-state index contributed by atoms with van der Waals surface area (Å²) < 4.78 is 10.6. The summed E-state index contributed by atoms with van der Waals surface area (Å²) >= 11 is 0. The zero-order valence-corrected chi connectivity index (χ0v) is 11.4. The van der Waals surface area contributed by atoms with Gasteiger partial charge in [-0.25, -0.2) is 0 Å². The van der Waals surface area contributed by atoms with Gasteiger partial charge in [0.05, 0.1) is 12.8 Å². The average molecular weight is 282 g/mol. The highest BCUT2D eigenvalue weighted by Crippen LogP contribution is 2.33. The van der Waals surface area contributed by atoms with Crippen LogP contribution < -0.4 is 16.2 Å². The van der Waals surface area contributed by atoms with Gasteiger partial charge in [0.2, 0.25) is 5.76 Å². The van der Waals surface area contributed by atoms with Gasteiger partial charge in [0.25, 0.3) is 5.91 Å². The Kier molecular flexibility index (Phi) is 3.02. The number of benzene rings is 2. The SMILES string of the molecule is COc1cccc(-c2ccc3oc(C(N)=O)c(N)c3c2)c1. The smallest absolute Gasteiger partial charge is 0.286 e. The quantitative estimate of drug-likeness (QED) is 0.772. The number of ether oxygens (including phenoxy) is 1. The van der Waals surface area contributed by atoms with E-state index in [0.717, 1.165) is 16.9 Å². The van der Waals surface area contributed by atoms with Gasteiger partial charge in [-0.1, -0.05) is 18.2 Å². The summed E-state index contributed by atoms with van der Waals surface area (Å²) in [5.41, 5.74) is 13.9. The summed E-state index contributed by atoms with van der Waals surface area (Å²) in [6.07, 6.45) is 0. The molecule has 0 aliphatic carbocycles. The van der Waals surface area contributed by atoms with Crippen LogP contribution in [0.3, 0.4) is 0 Å². The molecular weight excluding hydrogens is 268 g/mol. The van der Waals surface area contributed by atoms with Crippen molar-refractivity contribution in [3.8, 4) is 16.9 Å². The van der Waals surface area contributed by atoms with Gasteiger partial charge >= 0.3 is 0 Å². The van der Waals surface area contributed by atoms with Crippen molar-refractivity contribution in [1.82, 2.24) is 0 Å². The third-order valence-electron chi connectivity index (χ3n) is 3.35. The Morgan fingerprint density at radius 1 is 1.14 bits per heavy atom. The van der Waals surface area contributed by atoms with Crippen LogP contribution in [0.5, 0.6) is 5.75 Å². The number of hydrogen-bond acceptors (Lipinski definition) is 4. The van der Waals surface area contributed by atoms with Crippen LogP contribution in [0.25, 0.3) is 22.1 Å². The van der Waals surface area contributed by atoms with Crippen LogP contribution in [0.1, 0.15) is 10.6 Å². The molecule has 0 aliphatic rings. The maximum atomic E-state index is 11.3. The number of anilines is 1. The van der Waals surface area contributed by atoms with Gasteiger partial charge in [0.1, 0.15) is 11.3 Å². The molecule has 0 saturated heterocycles. The lowest BCUT2D eigenvalue weighted by Crippen LogP contribution is -2.11. The van der Waals surface area contributed by atoms with Crippen LogP contribution in [0.15, 0.2) is 46.9 Å². The fourth-order valence-corrected chi connectivity index (χ4v) is 2.28. The summed E-state index contributed by atoms with van der Waals surface area (Å²) in [6, 6.07) is 13.2. The molecule has 0 atom stereocenters. The van der Waals surface area contributed by atoms with E-state index in [1.165, 1.54) is 0 Å². The molecule has 3 aromatic rings. The Bertz CT molecular complexity index is 837. The number of carbonyl (C=O) groups excluding carboxylic acids is 1. The summed E-state index contributed by atoms with van der Waals surface area (Å²) in [4.78, 5) is 11.3. The molecule has 1 heterocycles. The van der Waals surface area contributed by atoms with Crippen LogP contribution in [0.2, 0.25) is 0 Å². The first kappa shape index (κ1) is 13.1. The number of nitrogens with two attached hydrogens (primary N) is 2. The van der Waals surface area contributed by atoms with E-state index in [4.69, 9.17) is 20.6 Å². The molecule has 1 aromatic heterocycles. The van der Waals surface area contributed by atoms with E-state index in [9.17, 15) is 4.79 Å². The number of furan rings is 1. The first-order valence-electron chi connectivity index (χ1n) is 6.36. The van der Waals surface area contributed by atoms with Gasteiger partial charge in [-0.3, -0.25) is 4.79 Å². The minimum absolute atomic E-state index is 0.00667. The second-order valence-electron chi connectivity index (χ2n) is 4.65. The van der Waals surface area contributed by atoms with Crippen LogP contribution in [0, 0.1) is 0 Å². The van der Waals surface area contributed by atoms with Crippen molar-refractivity contribution in [3.63, 3.8) is 0 Å². The van der Waals surface area contributed by atoms with Crippen molar-refractivity contribution in [3.05, 3.63) is 48.2 Å². The van der Waals surface area contributed by atoms with Crippen molar-refractivity contribution < 1.29 is 13.9 Å². The zero-order chi connectivity index (χ0) is 15.0. The topological polar surface area (TPSA) is 91.5 Å². The maximum absolute atomic E-state index is 11.3. The molecule has 0 fully saturated rings. The third-order valence-corrected chi connectivity index (χ3v) is 3.35. The van der Waals surface area contributed by atoms with E-state index in [-0.39, 0.29) is 11.4 Å². The van der Waals surface area contributed by atoms with E-state index in [1.807, 2.05) is 36.4 Å². The molecule has 0 bridgehead atoms. The van der Waals surface area contributed by atoms with Crippen molar-refractivity contribution >= 4 is 22.6 Å². The lowest BCUT2D eigenvalue weighted by Gasteiger charge is -2.05. The van der Waals surface area contributed by atoms with Crippen molar-refractivity contribution in [2.75, 3.05) is 12.8 Å². The molecule has 0 saturated carbocycles. The van der Waals surface area contributed by atoms with Crippen molar-refractivity contribution in [1.29, 1.82) is 0 Å². The molecule has 4 N–H and O–H groups in total. The highest BCUT2D eigenvalue weighted by atomic mass is 16.5. The Labute approximate surface area is 121 Å². The number of primary amides is 1. The fraction of sp³-hybridized carbons (Fsp3) is 0.0625. The average Bonchev–Trinajstić information content (AvgIpc) is 2.84. The van der Waals surface area contributed by atoms with E-state index in [2.05, 4.69) is 0 Å². The molecule has 2 aromatic carbocycles. The Balaban J connectivity index is 2.16. The first-order valence-corrected chi connectivity index (χ1v) is 6.36. The van der Waals surface area contributed by atoms with Gasteiger partial charge in [-0.05, 0) is 35.4 Å². The second-order valence-corrected chi connectivity index (χ2v) is 4.65. The predicted molar refractivity (Wildman–Crippen MR) is 81.1 cm³/mol. The molecule has 0 spiro atoms. The molecule has 5 nitrogen and oxygen atoms in total. The predicted octanol–water partition coefficient (Wildman–Crippen LogP) is 2.79. The minimum atomic E-state index is -0.674. The fourth-order valence-electron chi connectivity index (χ4n) is 2.28. The van der Waals surface area contributed by atoms with E-state index >= 15 is 0 Å². The van der Waals surface area contributed by atoms with Crippen molar-refractivity contribution in [2.24, 2.45) is 5.73 Å². The number of nitrogen functional groups attached to an aromatic ring is 1. The highest BCUT2D eigenvalue weighted by Gasteiger charge is 2.16. The Hall–Kier alpha value is -2.95. The molecule has 5 heteroatoms. The van der Waals surface area contributed by atoms with Crippen LogP contribution in [-0.4, -0.2) is 13.0 Å². The van der Waals surface area contributed by atoms with Gasteiger partial charge in [0.15, 0.2) is 0 Å². The largest absolute Gasteiger partial charge is 0.497 e. The highest BCUT2D eigenvalue weighted by molar-refractivity contribution is 6.05. The molecule has 21 heavy (non-hydrogen) atoms. The first-order chi connectivity index (χ1) is 10.1. The van der Waals surface area contributed by atoms with Gasteiger partial charge in [-0.2, -0.15) is 0 Å². The monoisotopic (exact) mass is 282 g/mol. The number of rotatable bonds is 3. The summed E-state index contributed by atoms with van der Waals surface area (Å²) in [6.45, 7) is 0. The molecule has 0 unspecified atom stereocenters. The normalized spacial score (nSPS) is 10.7. The van der Waals surface area contributed by atoms with Crippen molar-refractivity contribution in [2.45, 2.75) is 0 Å². The number of hydrogen-bond donors (Lipinski definition) is 2. The van der Waals surface area contributed by atoms with Gasteiger partial charge < -0.3 is 20.6 Å². The third kappa shape index (κ3) is 2.18. The number of amides is 1. The lowest BCUT2D eigenvalue weighted by molar-refractivity contribution is 0.0977. The number of fused-ring (bicyclic) bond motifs is 1. The summed E-state index contributed by atoms with van der Waals surface area (Å²) in [5, 5.41) is 0.670. The summed E-state index contributed by atoms with van der Waals surface area (Å²) in [5.74, 6) is 0.0880. The standard InChI is InChI=1S/C16H14N2O3/c1-20-11-4-2-3-9(7-11)10-5-6-13-12(8-10)14(17)15(21-13)16(18)19/h2-8H,17H2,1H3,(H2,18,19). The van der Waals surface area contributed by atoms with Gasteiger partial charge in [-0.15, -0.1) is 0 Å². The minimum Gasteiger partial charge on any atom is -0.497 e. The van der Waals surface area contributed by atoms with Gasteiger partial charge in [0, 0.05) is 5.39 Å². The molecular formula is C16H14N2O3. The Morgan fingerprint density at radius 3 is 2.62 bits per heavy atom. The summed E-state index contributed by atoms with van der Waals surface area (Å²) in [7, 11) is 1.62. The zero-order valence-electron chi connectivity index (χ0n) is 11.4. The van der Waals surface area contributed by atoms with E-state index < -0.39 is 5.91 Å². The second kappa shape index (κ2) is 4.86. The number of methoxy groups -OCH3 is 1. The van der Waals surface area contributed by atoms with Crippen LogP contribution in [-0.2, 0) is 0 Å². The van der Waals surface area contributed by atoms with Crippen LogP contribution in [0.4, 0.5) is 5.69 Å². The van der Waals surface area contributed by atoms with Crippen LogP contribution >= 0.6 is 0 Å². The maximum Gasteiger partial charge on any atom is 0.286 e. The molecule has 1 amide bonds. The molecule has 3 rings (SSSR count). The van der Waals surface area contributed by atoms with E-state index in [1.54, 1.807) is 13.2 Å².